The molecule has 0 N–H and O–H groups in total. The van der Waals surface area contributed by atoms with Crippen LogP contribution in [0.4, 0.5) is 0 Å². The zero-order valence-corrected chi connectivity index (χ0v) is 18.7. The average Bonchev–Trinajstić information content (AvgIpc) is 3.42. The number of benzene rings is 2. The van der Waals surface area contributed by atoms with Gasteiger partial charge in [0, 0.05) is 18.4 Å². The summed E-state index contributed by atoms with van der Waals surface area (Å²) >= 11 is 8.65. The van der Waals surface area contributed by atoms with E-state index in [1.807, 2.05) is 42.5 Å². The summed E-state index contributed by atoms with van der Waals surface area (Å²) in [7, 11) is 1.76. The molecule has 30 heavy (non-hydrogen) atoms. The molecular weight excluding hydrogens is 434 g/mol. The summed E-state index contributed by atoms with van der Waals surface area (Å²) in [5.74, 6) is 1.52. The van der Waals surface area contributed by atoms with Gasteiger partial charge in [0.25, 0.3) is 5.91 Å². The molecule has 0 aliphatic carbocycles. The standard InChI is InChI=1S/C22H19N3O2S3/c1-24(14-19-8-5-13-27-19)20(26)17-9-11-18(12-10-17)25-22(28)30-21(23-25)29-15-16-6-3-2-4-7-16/h2-13H,14-15H2,1H3. The van der Waals surface area contributed by atoms with Crippen LogP contribution in [0.15, 0.2) is 81.8 Å². The maximum Gasteiger partial charge on any atom is 0.254 e. The van der Waals surface area contributed by atoms with Crippen LogP contribution in [0.25, 0.3) is 5.69 Å². The number of carbonyl (C=O) groups excluding carboxylic acids is 1. The third-order valence-corrected chi connectivity index (χ3v) is 6.85. The molecule has 0 saturated heterocycles. The number of amides is 1. The van der Waals surface area contributed by atoms with Crippen LogP contribution in [0.1, 0.15) is 21.7 Å². The zero-order valence-electron chi connectivity index (χ0n) is 16.2. The Morgan fingerprint density at radius 2 is 1.90 bits per heavy atom. The molecule has 0 aliphatic heterocycles. The molecule has 0 bridgehead atoms. The number of thioether (sulfide) groups is 1. The van der Waals surface area contributed by atoms with Gasteiger partial charge in [-0.1, -0.05) is 53.4 Å². The summed E-state index contributed by atoms with van der Waals surface area (Å²) in [5.41, 5.74) is 2.69. The quantitative estimate of drug-likeness (QED) is 0.261. The summed E-state index contributed by atoms with van der Waals surface area (Å²) < 4.78 is 8.66. The molecule has 0 spiro atoms. The van der Waals surface area contributed by atoms with E-state index in [1.165, 1.54) is 16.9 Å². The van der Waals surface area contributed by atoms with Gasteiger partial charge < -0.3 is 9.32 Å². The highest BCUT2D eigenvalue weighted by Crippen LogP contribution is 2.27. The molecule has 4 aromatic rings. The van der Waals surface area contributed by atoms with Crippen molar-refractivity contribution in [2.75, 3.05) is 7.05 Å². The Kier molecular flexibility index (Phi) is 6.47. The SMILES string of the molecule is CN(Cc1ccco1)C(=O)c1ccc(-n2nc(SCc3ccccc3)sc2=S)cc1. The van der Waals surface area contributed by atoms with E-state index in [1.54, 1.807) is 46.8 Å². The van der Waals surface area contributed by atoms with Crippen molar-refractivity contribution in [1.82, 2.24) is 14.7 Å². The molecule has 0 atom stereocenters. The minimum Gasteiger partial charge on any atom is -0.467 e. The lowest BCUT2D eigenvalue weighted by atomic mass is 10.2. The summed E-state index contributed by atoms with van der Waals surface area (Å²) in [6.07, 6.45) is 1.60. The van der Waals surface area contributed by atoms with Crippen LogP contribution in [0.2, 0.25) is 0 Å². The van der Waals surface area contributed by atoms with Crippen molar-refractivity contribution in [2.45, 2.75) is 16.6 Å². The van der Waals surface area contributed by atoms with Crippen LogP contribution >= 0.6 is 35.3 Å². The van der Waals surface area contributed by atoms with E-state index in [4.69, 9.17) is 16.6 Å². The van der Waals surface area contributed by atoms with Gasteiger partial charge in [0.15, 0.2) is 8.29 Å². The van der Waals surface area contributed by atoms with Crippen molar-refractivity contribution in [3.8, 4) is 5.69 Å². The van der Waals surface area contributed by atoms with Crippen LogP contribution in [0, 0.1) is 3.95 Å². The Bertz CT molecular complexity index is 1170. The fourth-order valence-electron chi connectivity index (χ4n) is 2.88. The normalized spacial score (nSPS) is 10.8. The van der Waals surface area contributed by atoms with Crippen molar-refractivity contribution >= 4 is 41.2 Å². The summed E-state index contributed by atoms with van der Waals surface area (Å²) in [6, 6.07) is 21.3. The minimum absolute atomic E-state index is 0.0704. The fourth-order valence-corrected chi connectivity index (χ4v) is 5.19. The highest BCUT2D eigenvalue weighted by atomic mass is 32.2. The number of furan rings is 1. The minimum atomic E-state index is -0.0704. The van der Waals surface area contributed by atoms with E-state index in [0.717, 1.165) is 21.5 Å². The topological polar surface area (TPSA) is 51.3 Å². The van der Waals surface area contributed by atoms with Crippen LogP contribution in [0.3, 0.4) is 0 Å². The molecule has 152 valence electrons. The Morgan fingerprint density at radius 3 is 2.60 bits per heavy atom. The second-order valence-electron chi connectivity index (χ2n) is 6.61. The number of carbonyl (C=O) groups is 1. The lowest BCUT2D eigenvalue weighted by Gasteiger charge is -2.16. The Hall–Kier alpha value is -2.68. The molecular formula is C22H19N3O2S3. The van der Waals surface area contributed by atoms with E-state index in [9.17, 15) is 4.79 Å². The summed E-state index contributed by atoms with van der Waals surface area (Å²) in [6.45, 7) is 0.423. The number of nitrogens with zero attached hydrogens (tertiary/aromatic N) is 3. The molecule has 5 nitrogen and oxygen atoms in total. The Balaban J connectivity index is 1.44. The molecule has 2 aromatic heterocycles. The Morgan fingerprint density at radius 1 is 1.13 bits per heavy atom. The highest BCUT2D eigenvalue weighted by molar-refractivity contribution is 8.00. The first-order valence-corrected chi connectivity index (χ1v) is 11.5. The van der Waals surface area contributed by atoms with Crippen molar-refractivity contribution < 1.29 is 9.21 Å². The first-order chi connectivity index (χ1) is 14.6. The van der Waals surface area contributed by atoms with Gasteiger partial charge in [-0.25, -0.2) is 4.68 Å². The first-order valence-electron chi connectivity index (χ1n) is 9.25. The van der Waals surface area contributed by atoms with Crippen LogP contribution < -0.4 is 0 Å². The van der Waals surface area contributed by atoms with Crippen LogP contribution in [0.5, 0.6) is 0 Å². The van der Waals surface area contributed by atoms with Gasteiger partial charge in [0.1, 0.15) is 5.76 Å². The monoisotopic (exact) mass is 453 g/mol. The molecule has 0 saturated carbocycles. The predicted molar refractivity (Wildman–Crippen MR) is 123 cm³/mol. The smallest absolute Gasteiger partial charge is 0.254 e. The molecule has 0 fully saturated rings. The van der Waals surface area contributed by atoms with E-state index in [0.29, 0.717) is 16.1 Å². The third-order valence-electron chi connectivity index (χ3n) is 4.41. The van der Waals surface area contributed by atoms with E-state index < -0.39 is 0 Å². The van der Waals surface area contributed by atoms with Crippen molar-refractivity contribution in [2.24, 2.45) is 0 Å². The van der Waals surface area contributed by atoms with Gasteiger partial charge in [0.05, 0.1) is 18.5 Å². The molecule has 2 heterocycles. The molecule has 0 unspecified atom stereocenters. The lowest BCUT2D eigenvalue weighted by Crippen LogP contribution is -2.25. The highest BCUT2D eigenvalue weighted by Gasteiger charge is 2.14. The molecule has 0 radical (unpaired) electrons. The molecule has 0 aliphatic rings. The summed E-state index contributed by atoms with van der Waals surface area (Å²) in [4.78, 5) is 14.3. The van der Waals surface area contributed by atoms with Gasteiger partial charge in [0.2, 0.25) is 0 Å². The summed E-state index contributed by atoms with van der Waals surface area (Å²) in [5, 5.41) is 4.64. The molecule has 2 aromatic carbocycles. The van der Waals surface area contributed by atoms with Gasteiger partial charge in [-0.05, 0) is 54.2 Å². The van der Waals surface area contributed by atoms with E-state index in [2.05, 4.69) is 17.2 Å². The molecule has 8 heteroatoms. The average molecular weight is 454 g/mol. The van der Waals surface area contributed by atoms with Gasteiger partial charge >= 0.3 is 0 Å². The van der Waals surface area contributed by atoms with Gasteiger partial charge in [-0.3, -0.25) is 4.79 Å². The maximum atomic E-state index is 12.6. The third kappa shape index (κ3) is 4.89. The number of rotatable bonds is 7. The predicted octanol–water partition coefficient (Wildman–Crippen LogP) is 5.82. The molecule has 1 amide bonds. The van der Waals surface area contributed by atoms with Gasteiger partial charge in [-0.2, -0.15) is 0 Å². The van der Waals surface area contributed by atoms with E-state index in [-0.39, 0.29) is 5.91 Å². The number of hydrogen-bond acceptors (Lipinski definition) is 6. The maximum absolute atomic E-state index is 12.6. The number of hydrogen-bond donors (Lipinski definition) is 0. The fraction of sp³-hybridized carbons (Fsp3) is 0.136. The molecule has 4 rings (SSSR count). The van der Waals surface area contributed by atoms with Crippen LogP contribution in [-0.4, -0.2) is 27.6 Å². The van der Waals surface area contributed by atoms with Gasteiger partial charge in [-0.15, -0.1) is 5.10 Å². The van der Waals surface area contributed by atoms with E-state index >= 15 is 0 Å². The second-order valence-corrected chi connectivity index (χ2v) is 9.45. The van der Waals surface area contributed by atoms with Crippen molar-refractivity contribution in [3.63, 3.8) is 0 Å². The second kappa shape index (κ2) is 9.42. The Labute approximate surface area is 188 Å². The number of aromatic nitrogens is 2. The first kappa shape index (κ1) is 20.6. The van der Waals surface area contributed by atoms with Crippen molar-refractivity contribution in [1.29, 1.82) is 0 Å². The van der Waals surface area contributed by atoms with Crippen molar-refractivity contribution in [3.05, 3.63) is 93.8 Å². The zero-order chi connectivity index (χ0) is 20.9. The van der Waals surface area contributed by atoms with Crippen LogP contribution in [-0.2, 0) is 12.3 Å². The largest absolute Gasteiger partial charge is 0.467 e. The lowest BCUT2D eigenvalue weighted by molar-refractivity contribution is 0.0775.